The zero-order valence-corrected chi connectivity index (χ0v) is 17.3. The van der Waals surface area contributed by atoms with Crippen LogP contribution in [0.25, 0.3) is 10.8 Å². The number of rotatable bonds is 6. The number of amidine groups is 2. The van der Waals surface area contributed by atoms with Crippen LogP contribution >= 0.6 is 0 Å². The Morgan fingerprint density at radius 3 is 2.26 bits per heavy atom. The van der Waals surface area contributed by atoms with E-state index in [0.29, 0.717) is 37.3 Å². The van der Waals surface area contributed by atoms with Crippen LogP contribution in [-0.4, -0.2) is 47.0 Å². The summed E-state index contributed by atoms with van der Waals surface area (Å²) in [6.07, 6.45) is 0. The van der Waals surface area contributed by atoms with E-state index in [4.69, 9.17) is 22.3 Å². The normalized spacial score (nSPS) is 14.7. The Balaban J connectivity index is 1.41. The summed E-state index contributed by atoms with van der Waals surface area (Å²) in [4.78, 5) is 16.8. The van der Waals surface area contributed by atoms with E-state index < -0.39 is 0 Å². The molecule has 7 heteroatoms. The average molecular weight is 415 g/mol. The van der Waals surface area contributed by atoms with Gasteiger partial charge in [0.2, 0.25) is 5.91 Å². The molecule has 4 rings (SSSR count). The molecule has 1 heterocycles. The van der Waals surface area contributed by atoms with Crippen LogP contribution in [0.1, 0.15) is 22.3 Å². The summed E-state index contributed by atoms with van der Waals surface area (Å²) in [6, 6.07) is 19.5. The highest BCUT2D eigenvalue weighted by Gasteiger charge is 2.24. The number of nitrogens with one attached hydrogen (secondary N) is 2. The number of nitrogens with two attached hydrogens (primary N) is 2. The highest BCUT2D eigenvalue weighted by molar-refractivity contribution is 5.99. The second kappa shape index (κ2) is 8.57. The molecule has 3 aromatic rings. The van der Waals surface area contributed by atoms with Gasteiger partial charge in [0.1, 0.15) is 11.7 Å². The second-order valence-electron chi connectivity index (χ2n) is 7.95. The molecule has 0 atom stereocenters. The molecule has 1 saturated heterocycles. The van der Waals surface area contributed by atoms with Crippen molar-refractivity contribution in [2.75, 3.05) is 19.6 Å². The monoisotopic (exact) mass is 414 g/mol. The molecule has 3 aromatic carbocycles. The molecule has 6 N–H and O–H groups in total. The first-order valence-electron chi connectivity index (χ1n) is 10.2. The van der Waals surface area contributed by atoms with E-state index >= 15 is 0 Å². The fraction of sp³-hybridized carbons (Fsp3) is 0.208. The minimum absolute atomic E-state index is 0.0486. The number of nitrogen functional groups attached to an aromatic ring is 2. The van der Waals surface area contributed by atoms with Crippen molar-refractivity contribution in [1.82, 2.24) is 9.80 Å². The van der Waals surface area contributed by atoms with E-state index in [-0.39, 0.29) is 17.6 Å². The zero-order chi connectivity index (χ0) is 22.0. The van der Waals surface area contributed by atoms with Crippen molar-refractivity contribution in [2.45, 2.75) is 13.1 Å². The number of hydrogen-bond acceptors (Lipinski definition) is 4. The molecule has 1 aliphatic rings. The van der Waals surface area contributed by atoms with E-state index in [0.717, 1.165) is 28.4 Å². The van der Waals surface area contributed by atoms with E-state index in [2.05, 4.69) is 11.0 Å². The fourth-order valence-corrected chi connectivity index (χ4v) is 3.94. The number of amides is 1. The molecule has 1 aliphatic heterocycles. The topological polar surface area (TPSA) is 123 Å². The molecule has 0 spiro atoms. The lowest BCUT2D eigenvalue weighted by atomic mass is 10.0. The number of fused-ring (bicyclic) bond motifs is 1. The van der Waals surface area contributed by atoms with E-state index in [1.165, 1.54) is 0 Å². The van der Waals surface area contributed by atoms with Crippen LogP contribution in [0.5, 0.6) is 0 Å². The molecule has 158 valence electrons. The number of carbonyl (C=O) groups excluding carboxylic acids is 1. The molecular formula is C24H26N6O. The molecule has 1 amide bonds. The number of nitrogens with zero attached hydrogens (tertiary/aromatic N) is 2. The molecule has 0 radical (unpaired) electrons. The smallest absolute Gasteiger partial charge is 0.237 e. The Morgan fingerprint density at radius 2 is 1.52 bits per heavy atom. The van der Waals surface area contributed by atoms with E-state index in [9.17, 15) is 4.79 Å². The summed E-state index contributed by atoms with van der Waals surface area (Å²) in [5.74, 6) is 0.201. The fourth-order valence-electron chi connectivity index (χ4n) is 3.94. The zero-order valence-electron chi connectivity index (χ0n) is 17.3. The van der Waals surface area contributed by atoms with Gasteiger partial charge in [-0.25, -0.2) is 0 Å². The Morgan fingerprint density at radius 1 is 0.806 bits per heavy atom. The highest BCUT2D eigenvalue weighted by Crippen LogP contribution is 2.20. The Kier molecular flexibility index (Phi) is 5.68. The van der Waals surface area contributed by atoms with Gasteiger partial charge in [0.05, 0.1) is 6.54 Å². The molecule has 1 fully saturated rings. The molecule has 31 heavy (non-hydrogen) atoms. The van der Waals surface area contributed by atoms with Crippen LogP contribution in [0, 0.1) is 10.8 Å². The Hall–Kier alpha value is -3.71. The van der Waals surface area contributed by atoms with Gasteiger partial charge >= 0.3 is 0 Å². The van der Waals surface area contributed by atoms with Crippen molar-refractivity contribution >= 4 is 28.4 Å². The van der Waals surface area contributed by atoms with Gasteiger partial charge in [-0.3, -0.25) is 20.5 Å². The standard InChI is InChI=1S/C24H26N6O/c25-23(26)19-3-1-2-16(10-19)13-29-8-9-30(22(31)15-29)14-17-4-5-18-6-7-20(24(27)28)12-21(18)11-17/h1-7,10-12H,8-9,13-15H2,(H3,25,26)(H3,27,28). The third-order valence-corrected chi connectivity index (χ3v) is 5.63. The number of carbonyl (C=O) groups is 1. The second-order valence-corrected chi connectivity index (χ2v) is 7.95. The summed E-state index contributed by atoms with van der Waals surface area (Å²) in [5, 5.41) is 17.3. The van der Waals surface area contributed by atoms with Gasteiger partial charge in [0.25, 0.3) is 0 Å². The van der Waals surface area contributed by atoms with Crippen molar-refractivity contribution in [3.8, 4) is 0 Å². The summed E-state index contributed by atoms with van der Waals surface area (Å²) < 4.78 is 0. The first-order chi connectivity index (χ1) is 14.9. The van der Waals surface area contributed by atoms with Gasteiger partial charge in [0.15, 0.2) is 0 Å². The van der Waals surface area contributed by atoms with Crippen LogP contribution in [0.2, 0.25) is 0 Å². The van der Waals surface area contributed by atoms with E-state index in [1.54, 1.807) is 0 Å². The van der Waals surface area contributed by atoms with Gasteiger partial charge in [0, 0.05) is 37.3 Å². The van der Waals surface area contributed by atoms with Crippen LogP contribution in [0.3, 0.4) is 0 Å². The minimum atomic E-state index is 0.0486. The number of hydrogen-bond donors (Lipinski definition) is 4. The first kappa shape index (κ1) is 20.6. The minimum Gasteiger partial charge on any atom is -0.384 e. The molecule has 0 saturated carbocycles. The molecule has 7 nitrogen and oxygen atoms in total. The third-order valence-electron chi connectivity index (χ3n) is 5.63. The quantitative estimate of drug-likeness (QED) is 0.365. The SMILES string of the molecule is N=C(N)c1cccc(CN2CCN(Cc3ccc4ccc(C(=N)N)cc4c3)C(=O)C2)c1. The summed E-state index contributed by atoms with van der Waals surface area (Å²) in [5.41, 5.74) is 14.7. The van der Waals surface area contributed by atoms with Gasteiger partial charge in [-0.05, 0) is 40.1 Å². The van der Waals surface area contributed by atoms with E-state index in [1.807, 2.05) is 59.5 Å². The van der Waals surface area contributed by atoms with Crippen molar-refractivity contribution in [1.29, 1.82) is 10.8 Å². The van der Waals surface area contributed by atoms with Crippen molar-refractivity contribution in [3.05, 3.63) is 82.9 Å². The molecule has 0 bridgehead atoms. The van der Waals surface area contributed by atoms with Gasteiger partial charge < -0.3 is 16.4 Å². The summed E-state index contributed by atoms with van der Waals surface area (Å²) >= 11 is 0. The van der Waals surface area contributed by atoms with Gasteiger partial charge in [-0.1, -0.05) is 42.5 Å². The van der Waals surface area contributed by atoms with Gasteiger partial charge in [-0.15, -0.1) is 0 Å². The molecule has 0 aromatic heterocycles. The summed E-state index contributed by atoms with van der Waals surface area (Å²) in [6.45, 7) is 3.04. The van der Waals surface area contributed by atoms with Crippen LogP contribution in [-0.2, 0) is 17.9 Å². The Labute approximate surface area is 181 Å². The van der Waals surface area contributed by atoms with Crippen LogP contribution in [0.4, 0.5) is 0 Å². The van der Waals surface area contributed by atoms with Crippen LogP contribution in [0.15, 0.2) is 60.7 Å². The lowest BCUT2D eigenvalue weighted by Gasteiger charge is -2.34. The molecular weight excluding hydrogens is 388 g/mol. The van der Waals surface area contributed by atoms with Gasteiger partial charge in [-0.2, -0.15) is 0 Å². The average Bonchev–Trinajstić information content (AvgIpc) is 2.75. The maximum atomic E-state index is 12.8. The lowest BCUT2D eigenvalue weighted by Crippen LogP contribution is -2.49. The van der Waals surface area contributed by atoms with Crippen molar-refractivity contribution in [3.63, 3.8) is 0 Å². The molecule has 0 unspecified atom stereocenters. The predicted molar refractivity (Wildman–Crippen MR) is 123 cm³/mol. The Bertz CT molecular complexity index is 1170. The van der Waals surface area contributed by atoms with Crippen LogP contribution < -0.4 is 11.5 Å². The maximum Gasteiger partial charge on any atom is 0.237 e. The predicted octanol–water partition coefficient (Wildman–Crippen LogP) is 2.25. The lowest BCUT2D eigenvalue weighted by molar-refractivity contribution is -0.136. The van der Waals surface area contributed by atoms with Crippen molar-refractivity contribution in [2.24, 2.45) is 11.5 Å². The highest BCUT2D eigenvalue weighted by atomic mass is 16.2. The maximum absolute atomic E-state index is 12.8. The molecule has 0 aliphatic carbocycles. The summed E-state index contributed by atoms with van der Waals surface area (Å²) in [7, 11) is 0. The number of piperazine rings is 1. The first-order valence-corrected chi connectivity index (χ1v) is 10.2. The largest absolute Gasteiger partial charge is 0.384 e. The third kappa shape index (κ3) is 4.73. The van der Waals surface area contributed by atoms with Crippen molar-refractivity contribution < 1.29 is 4.79 Å². The number of benzene rings is 3.